The maximum atomic E-state index is 13.6. The Kier molecular flexibility index (Phi) is 6.95. The predicted octanol–water partition coefficient (Wildman–Crippen LogP) is 2.77. The molecule has 0 saturated heterocycles. The Labute approximate surface area is 203 Å². The number of esters is 1. The number of carbonyl (C=O) groups is 1. The van der Waals surface area contributed by atoms with Crippen LogP contribution in [0.4, 0.5) is 0 Å². The van der Waals surface area contributed by atoms with Gasteiger partial charge in [-0.1, -0.05) is 29.5 Å². The second kappa shape index (κ2) is 10.1. The lowest BCUT2D eigenvalue weighted by Gasteiger charge is -2.23. The van der Waals surface area contributed by atoms with Crippen LogP contribution in [0.15, 0.2) is 56.8 Å². The van der Waals surface area contributed by atoms with Crippen molar-refractivity contribution in [1.82, 2.24) is 4.57 Å². The highest BCUT2D eigenvalue weighted by atomic mass is 32.1. The van der Waals surface area contributed by atoms with Gasteiger partial charge in [-0.2, -0.15) is 5.26 Å². The van der Waals surface area contributed by atoms with Crippen molar-refractivity contribution >= 4 is 34.7 Å². The standard InChI is InChI=1S/C24H21N3O5S2/c1-4-31-23(29)19-14(2)26-24-27(20(19)17-9-6-12-33-17)22(28)18(34-24)13-15-7-5-8-16(30-3)21(15)32-11-10-25/h5-9,12-13,20H,4,11H2,1-3H3/b18-13-/t20-/m1/s1. The fraction of sp³-hybridized carbons (Fsp3) is 0.250. The van der Waals surface area contributed by atoms with Crippen LogP contribution in [0.5, 0.6) is 11.5 Å². The van der Waals surface area contributed by atoms with Gasteiger partial charge in [0.1, 0.15) is 12.1 Å². The van der Waals surface area contributed by atoms with Gasteiger partial charge in [0.15, 0.2) is 22.9 Å². The first-order valence-electron chi connectivity index (χ1n) is 10.4. The van der Waals surface area contributed by atoms with E-state index in [0.29, 0.717) is 37.7 Å². The molecule has 1 atom stereocenters. The van der Waals surface area contributed by atoms with E-state index in [1.165, 1.54) is 34.4 Å². The molecule has 0 radical (unpaired) electrons. The number of nitriles is 1. The van der Waals surface area contributed by atoms with Crippen LogP contribution in [0.2, 0.25) is 0 Å². The number of carbonyl (C=O) groups excluding carboxylic acids is 1. The van der Waals surface area contributed by atoms with Crippen LogP contribution in [0.25, 0.3) is 6.08 Å². The van der Waals surface area contributed by atoms with E-state index in [9.17, 15) is 9.59 Å². The first kappa shape index (κ1) is 23.5. The third-order valence-corrected chi connectivity index (χ3v) is 7.03. The van der Waals surface area contributed by atoms with Crippen molar-refractivity contribution in [2.45, 2.75) is 19.9 Å². The number of methoxy groups -OCH3 is 1. The lowest BCUT2D eigenvalue weighted by molar-refractivity contribution is -0.139. The number of hydrogen-bond acceptors (Lipinski definition) is 9. The minimum Gasteiger partial charge on any atom is -0.493 e. The van der Waals surface area contributed by atoms with E-state index in [1.54, 1.807) is 38.1 Å². The van der Waals surface area contributed by atoms with Crippen LogP contribution in [0.1, 0.15) is 30.3 Å². The molecule has 10 heteroatoms. The molecule has 0 amide bonds. The number of para-hydroxylation sites is 1. The molecule has 0 bridgehead atoms. The first-order valence-corrected chi connectivity index (χ1v) is 12.1. The highest BCUT2D eigenvalue weighted by Gasteiger charge is 2.33. The van der Waals surface area contributed by atoms with E-state index in [2.05, 4.69) is 4.99 Å². The minimum absolute atomic E-state index is 0.164. The summed E-state index contributed by atoms with van der Waals surface area (Å²) >= 11 is 2.68. The summed E-state index contributed by atoms with van der Waals surface area (Å²) in [4.78, 5) is 32.4. The molecule has 8 nitrogen and oxygen atoms in total. The van der Waals surface area contributed by atoms with Crippen molar-refractivity contribution in [2.75, 3.05) is 20.3 Å². The van der Waals surface area contributed by atoms with Crippen molar-refractivity contribution in [1.29, 1.82) is 5.26 Å². The smallest absolute Gasteiger partial charge is 0.338 e. The van der Waals surface area contributed by atoms with Crippen LogP contribution in [-0.4, -0.2) is 30.9 Å². The van der Waals surface area contributed by atoms with Crippen LogP contribution < -0.4 is 24.4 Å². The Morgan fingerprint density at radius 3 is 2.82 bits per heavy atom. The van der Waals surface area contributed by atoms with Crippen LogP contribution in [0, 0.1) is 11.3 Å². The van der Waals surface area contributed by atoms with E-state index in [-0.39, 0.29) is 18.8 Å². The van der Waals surface area contributed by atoms with Crippen molar-refractivity contribution < 1.29 is 19.0 Å². The van der Waals surface area contributed by atoms with Gasteiger partial charge < -0.3 is 14.2 Å². The quantitative estimate of drug-likeness (QED) is 0.467. The highest BCUT2D eigenvalue weighted by Crippen LogP contribution is 2.34. The van der Waals surface area contributed by atoms with Crippen molar-refractivity contribution in [3.05, 3.63) is 77.1 Å². The van der Waals surface area contributed by atoms with Crippen molar-refractivity contribution in [3.63, 3.8) is 0 Å². The Morgan fingerprint density at radius 1 is 1.32 bits per heavy atom. The fourth-order valence-corrected chi connectivity index (χ4v) is 5.58. The summed E-state index contributed by atoms with van der Waals surface area (Å²) in [7, 11) is 1.51. The molecule has 1 aliphatic heterocycles. The SMILES string of the molecule is CCOC(=O)C1=C(C)N=c2s/c(=C\c3cccc(OC)c3OCC#N)c(=O)n2[C@@H]1c1cccs1. The van der Waals surface area contributed by atoms with Crippen LogP contribution >= 0.6 is 22.7 Å². The van der Waals surface area contributed by atoms with Crippen molar-refractivity contribution in [3.8, 4) is 17.6 Å². The summed E-state index contributed by atoms with van der Waals surface area (Å²) in [6.07, 6.45) is 1.69. The first-order chi connectivity index (χ1) is 16.5. The summed E-state index contributed by atoms with van der Waals surface area (Å²) in [5.41, 5.74) is 1.17. The number of thiazole rings is 1. The molecule has 4 rings (SSSR count). The molecule has 0 N–H and O–H groups in total. The van der Waals surface area contributed by atoms with Crippen LogP contribution in [0.3, 0.4) is 0 Å². The molecule has 0 spiro atoms. The summed E-state index contributed by atoms with van der Waals surface area (Å²) in [5.74, 6) is 0.334. The third kappa shape index (κ3) is 4.27. The summed E-state index contributed by atoms with van der Waals surface area (Å²) in [6.45, 7) is 3.55. The zero-order chi connectivity index (χ0) is 24.2. The molecule has 0 saturated carbocycles. The average molecular weight is 496 g/mol. The zero-order valence-corrected chi connectivity index (χ0v) is 20.4. The van der Waals surface area contributed by atoms with Gasteiger partial charge in [0.05, 0.1) is 29.5 Å². The predicted molar refractivity (Wildman–Crippen MR) is 129 cm³/mol. The third-order valence-electron chi connectivity index (χ3n) is 5.13. The normalized spacial score (nSPS) is 15.4. The van der Waals surface area contributed by atoms with Gasteiger partial charge in [0.2, 0.25) is 0 Å². The maximum absolute atomic E-state index is 13.6. The molecule has 3 heterocycles. The number of nitrogens with zero attached hydrogens (tertiary/aromatic N) is 3. The Balaban J connectivity index is 1.93. The minimum atomic E-state index is -0.628. The highest BCUT2D eigenvalue weighted by molar-refractivity contribution is 7.10. The maximum Gasteiger partial charge on any atom is 0.338 e. The summed E-state index contributed by atoms with van der Waals surface area (Å²) in [6, 6.07) is 10.4. The number of rotatable bonds is 7. The topological polar surface area (TPSA) is 103 Å². The Hall–Kier alpha value is -3.68. The van der Waals surface area contributed by atoms with Gasteiger partial charge in [0, 0.05) is 10.4 Å². The van der Waals surface area contributed by atoms with Crippen molar-refractivity contribution in [2.24, 2.45) is 4.99 Å². The molecule has 3 aromatic rings. The lowest BCUT2D eigenvalue weighted by atomic mass is 10.0. The second-order valence-corrected chi connectivity index (χ2v) is 9.13. The zero-order valence-electron chi connectivity index (χ0n) is 18.7. The molecular formula is C24H21N3O5S2. The number of aromatic nitrogens is 1. The number of allylic oxidation sites excluding steroid dienone is 1. The Morgan fingerprint density at radius 2 is 2.15 bits per heavy atom. The number of hydrogen-bond donors (Lipinski definition) is 0. The van der Waals surface area contributed by atoms with Gasteiger partial charge >= 0.3 is 5.97 Å². The fourth-order valence-electron chi connectivity index (χ4n) is 3.71. The monoisotopic (exact) mass is 495 g/mol. The average Bonchev–Trinajstić information content (AvgIpc) is 3.46. The largest absolute Gasteiger partial charge is 0.493 e. The lowest BCUT2D eigenvalue weighted by Crippen LogP contribution is -2.39. The molecule has 1 aromatic carbocycles. The number of thiophene rings is 1. The summed E-state index contributed by atoms with van der Waals surface area (Å²) < 4.78 is 18.2. The molecular weight excluding hydrogens is 474 g/mol. The van der Waals surface area contributed by atoms with E-state index >= 15 is 0 Å². The summed E-state index contributed by atoms with van der Waals surface area (Å²) in [5, 5.41) is 10.8. The molecule has 0 unspecified atom stereocenters. The second-order valence-electron chi connectivity index (χ2n) is 7.14. The van der Waals surface area contributed by atoms with E-state index in [1.807, 2.05) is 23.6 Å². The van der Waals surface area contributed by atoms with Gasteiger partial charge in [-0.05, 0) is 37.4 Å². The Bertz CT molecular complexity index is 1480. The molecule has 2 aromatic heterocycles. The van der Waals surface area contributed by atoms with E-state index in [0.717, 1.165) is 4.88 Å². The molecule has 0 aliphatic carbocycles. The van der Waals surface area contributed by atoms with Gasteiger partial charge in [0.25, 0.3) is 5.56 Å². The number of ether oxygens (including phenoxy) is 3. The van der Waals surface area contributed by atoms with Gasteiger partial charge in [-0.3, -0.25) is 9.36 Å². The van der Waals surface area contributed by atoms with E-state index in [4.69, 9.17) is 19.5 Å². The number of fused-ring (bicyclic) bond motifs is 1. The molecule has 34 heavy (non-hydrogen) atoms. The number of benzene rings is 1. The van der Waals surface area contributed by atoms with Crippen LogP contribution in [-0.2, 0) is 9.53 Å². The van der Waals surface area contributed by atoms with Gasteiger partial charge in [-0.25, -0.2) is 9.79 Å². The van der Waals surface area contributed by atoms with Gasteiger partial charge in [-0.15, -0.1) is 11.3 Å². The molecule has 174 valence electrons. The molecule has 1 aliphatic rings. The van der Waals surface area contributed by atoms with E-state index < -0.39 is 12.0 Å². The molecule has 0 fully saturated rings.